The Kier molecular flexibility index (Phi) is 2.59. The molecule has 6 nitrogen and oxygen atoms in total. The molecule has 4 N–H and O–H groups in total. The van der Waals surface area contributed by atoms with Crippen LogP contribution in [0.5, 0.6) is 0 Å². The second-order valence-corrected chi connectivity index (χ2v) is 3.34. The van der Waals surface area contributed by atoms with E-state index in [0.717, 1.165) is 0 Å². The summed E-state index contributed by atoms with van der Waals surface area (Å²) in [6.45, 7) is -0.145. The second kappa shape index (κ2) is 3.92. The van der Waals surface area contributed by atoms with Crippen LogP contribution in [0.25, 0.3) is 11.1 Å². The lowest BCUT2D eigenvalue weighted by molar-refractivity contribution is 0.0763. The van der Waals surface area contributed by atoms with Crippen molar-refractivity contribution < 1.29 is 14.3 Å². The first-order valence-electron chi connectivity index (χ1n) is 4.67. The number of aliphatic hydroxyl groups is 1. The van der Waals surface area contributed by atoms with Crippen molar-refractivity contribution in [3.05, 3.63) is 34.3 Å². The molecule has 0 bridgehead atoms. The van der Waals surface area contributed by atoms with Crippen LogP contribution in [0.15, 0.2) is 27.4 Å². The van der Waals surface area contributed by atoms with E-state index in [9.17, 15) is 14.7 Å². The molecular weight excluding hydrogens is 212 g/mol. The number of nitrogens with two attached hydrogens (primary N) is 1. The van der Waals surface area contributed by atoms with Gasteiger partial charge in [-0.3, -0.25) is 9.78 Å². The van der Waals surface area contributed by atoms with Crippen LogP contribution in [0.4, 0.5) is 0 Å². The van der Waals surface area contributed by atoms with Crippen LogP contribution in [-0.2, 0) is 0 Å². The molecule has 0 amide bonds. The molecule has 0 aliphatic heterocycles. The number of fused-ring (bicyclic) bond motifs is 1. The number of benzene rings is 1. The van der Waals surface area contributed by atoms with E-state index in [-0.39, 0.29) is 17.7 Å². The molecule has 0 saturated heterocycles. The van der Waals surface area contributed by atoms with Crippen LogP contribution >= 0.6 is 0 Å². The highest BCUT2D eigenvalue weighted by molar-refractivity contribution is 6.01. The maximum atomic E-state index is 11.6. The molecule has 2 rings (SSSR count). The molecule has 0 aliphatic rings. The van der Waals surface area contributed by atoms with Gasteiger partial charge in [0.2, 0.25) is 0 Å². The summed E-state index contributed by atoms with van der Waals surface area (Å²) in [5.41, 5.74) is 6.22. The fourth-order valence-corrected chi connectivity index (χ4v) is 1.40. The Labute approximate surface area is 89.7 Å². The molecule has 16 heavy (non-hydrogen) atoms. The number of hydrogen-bond donors (Lipinski definition) is 3. The van der Waals surface area contributed by atoms with Gasteiger partial charge in [0, 0.05) is 12.1 Å². The molecule has 2 aromatic rings. The lowest BCUT2D eigenvalue weighted by Gasteiger charge is -2.05. The van der Waals surface area contributed by atoms with Crippen LogP contribution in [0, 0.1) is 0 Å². The summed E-state index contributed by atoms with van der Waals surface area (Å²) in [7, 11) is 0. The number of aromatic nitrogens is 1. The average Bonchev–Trinajstić information content (AvgIpc) is 2.65. The van der Waals surface area contributed by atoms with Crippen molar-refractivity contribution in [3.8, 4) is 0 Å². The third kappa shape index (κ3) is 1.75. The van der Waals surface area contributed by atoms with E-state index in [1.165, 1.54) is 18.2 Å². The summed E-state index contributed by atoms with van der Waals surface area (Å²) in [5, 5.41) is 9.28. The molecule has 0 aliphatic carbocycles. The molecular formula is C10H10N2O4. The Balaban J connectivity index is 2.46. The third-order valence-corrected chi connectivity index (χ3v) is 2.23. The molecule has 1 aromatic heterocycles. The Morgan fingerprint density at radius 3 is 3.00 bits per heavy atom. The van der Waals surface area contributed by atoms with Gasteiger partial charge in [0.05, 0.1) is 5.52 Å². The van der Waals surface area contributed by atoms with Gasteiger partial charge in [-0.05, 0) is 18.2 Å². The summed E-state index contributed by atoms with van der Waals surface area (Å²) in [6.07, 6.45) is -1.23. The smallest absolute Gasteiger partial charge is 0.408 e. The highest BCUT2D eigenvalue weighted by atomic mass is 16.4. The fraction of sp³-hybridized carbons (Fsp3) is 0.200. The van der Waals surface area contributed by atoms with Crippen molar-refractivity contribution in [1.82, 2.24) is 4.98 Å². The van der Waals surface area contributed by atoms with Gasteiger partial charge in [-0.1, -0.05) is 0 Å². The number of nitrogens with one attached hydrogen (secondary N) is 1. The minimum Gasteiger partial charge on any atom is -0.408 e. The molecule has 1 unspecified atom stereocenters. The Hall–Kier alpha value is -1.92. The van der Waals surface area contributed by atoms with Crippen molar-refractivity contribution in [2.24, 2.45) is 5.73 Å². The number of aliphatic hydroxyl groups excluding tert-OH is 1. The number of rotatable bonds is 3. The summed E-state index contributed by atoms with van der Waals surface area (Å²) in [5.74, 6) is -1.08. The van der Waals surface area contributed by atoms with Crippen LogP contribution in [-0.4, -0.2) is 28.5 Å². The summed E-state index contributed by atoms with van der Waals surface area (Å²) in [4.78, 5) is 24.9. The molecule has 84 valence electrons. The van der Waals surface area contributed by atoms with E-state index in [1.807, 2.05) is 0 Å². The first kappa shape index (κ1) is 10.6. The predicted molar refractivity (Wildman–Crippen MR) is 56.2 cm³/mol. The summed E-state index contributed by atoms with van der Waals surface area (Å²) in [6, 6.07) is 4.43. The summed E-state index contributed by atoms with van der Waals surface area (Å²) < 4.78 is 4.80. The topological polar surface area (TPSA) is 109 Å². The number of aromatic amines is 1. The van der Waals surface area contributed by atoms with Gasteiger partial charge < -0.3 is 15.3 Å². The minimum atomic E-state index is -1.23. The molecule has 0 saturated carbocycles. The van der Waals surface area contributed by atoms with E-state index in [1.54, 1.807) is 0 Å². The van der Waals surface area contributed by atoms with E-state index in [2.05, 4.69) is 4.98 Å². The molecule has 0 radical (unpaired) electrons. The predicted octanol–water partition coefficient (Wildman–Crippen LogP) is -0.377. The first-order chi connectivity index (χ1) is 7.61. The zero-order valence-corrected chi connectivity index (χ0v) is 8.27. The number of carbonyl (C=O) groups excluding carboxylic acids is 1. The van der Waals surface area contributed by atoms with E-state index < -0.39 is 17.6 Å². The van der Waals surface area contributed by atoms with Crippen molar-refractivity contribution in [3.63, 3.8) is 0 Å². The molecule has 1 heterocycles. The van der Waals surface area contributed by atoms with Gasteiger partial charge in [-0.15, -0.1) is 0 Å². The first-order valence-corrected chi connectivity index (χ1v) is 4.67. The Morgan fingerprint density at radius 2 is 2.31 bits per heavy atom. The molecule has 1 aromatic carbocycles. The standard InChI is InChI=1S/C10H10N2O4/c11-4-7(13)9(14)5-1-2-6-8(3-5)16-10(15)12-6/h1-3,7,13H,4,11H2,(H,12,15). The molecule has 1 atom stereocenters. The van der Waals surface area contributed by atoms with Gasteiger partial charge >= 0.3 is 5.76 Å². The number of H-pyrrole nitrogens is 1. The van der Waals surface area contributed by atoms with Crippen LogP contribution < -0.4 is 11.5 Å². The molecule has 0 fully saturated rings. The van der Waals surface area contributed by atoms with E-state index >= 15 is 0 Å². The van der Waals surface area contributed by atoms with Crippen LogP contribution in [0.1, 0.15) is 10.4 Å². The SMILES string of the molecule is NCC(O)C(=O)c1ccc2[nH]c(=O)oc2c1. The second-order valence-electron chi connectivity index (χ2n) is 3.34. The van der Waals surface area contributed by atoms with Gasteiger partial charge in [-0.25, -0.2) is 4.79 Å². The van der Waals surface area contributed by atoms with Crippen molar-refractivity contribution in [1.29, 1.82) is 0 Å². The van der Waals surface area contributed by atoms with E-state index in [4.69, 9.17) is 10.2 Å². The number of Topliss-reactive ketones (excluding diaryl/α,β-unsaturated/α-hetero) is 1. The molecule has 6 heteroatoms. The number of carbonyl (C=O) groups is 1. The Morgan fingerprint density at radius 1 is 1.56 bits per heavy atom. The highest BCUT2D eigenvalue weighted by Gasteiger charge is 2.16. The van der Waals surface area contributed by atoms with Gasteiger partial charge in [0.25, 0.3) is 0 Å². The van der Waals surface area contributed by atoms with Crippen molar-refractivity contribution in [2.75, 3.05) is 6.54 Å². The monoisotopic (exact) mass is 222 g/mol. The van der Waals surface area contributed by atoms with Gasteiger partial charge in [0.15, 0.2) is 11.4 Å². The third-order valence-electron chi connectivity index (χ3n) is 2.23. The fourth-order valence-electron chi connectivity index (χ4n) is 1.40. The normalized spacial score (nSPS) is 12.9. The van der Waals surface area contributed by atoms with Crippen molar-refractivity contribution in [2.45, 2.75) is 6.10 Å². The lowest BCUT2D eigenvalue weighted by atomic mass is 10.1. The zero-order valence-electron chi connectivity index (χ0n) is 8.27. The quantitative estimate of drug-likeness (QED) is 0.613. The average molecular weight is 222 g/mol. The van der Waals surface area contributed by atoms with Gasteiger partial charge in [0.1, 0.15) is 6.10 Å². The summed E-state index contributed by atoms with van der Waals surface area (Å²) >= 11 is 0. The number of ketones is 1. The number of hydrogen-bond acceptors (Lipinski definition) is 5. The molecule has 0 spiro atoms. The maximum absolute atomic E-state index is 11.6. The van der Waals surface area contributed by atoms with Crippen LogP contribution in [0.2, 0.25) is 0 Å². The van der Waals surface area contributed by atoms with Gasteiger partial charge in [-0.2, -0.15) is 0 Å². The van der Waals surface area contributed by atoms with Crippen LogP contribution in [0.3, 0.4) is 0 Å². The number of oxazole rings is 1. The maximum Gasteiger partial charge on any atom is 0.417 e. The highest BCUT2D eigenvalue weighted by Crippen LogP contribution is 2.13. The Bertz CT molecular complexity index is 584. The van der Waals surface area contributed by atoms with Crippen molar-refractivity contribution >= 4 is 16.9 Å². The zero-order chi connectivity index (χ0) is 11.7. The largest absolute Gasteiger partial charge is 0.417 e. The minimum absolute atomic E-state index is 0.145. The lowest BCUT2D eigenvalue weighted by Crippen LogP contribution is -2.29. The van der Waals surface area contributed by atoms with E-state index in [0.29, 0.717) is 5.52 Å².